The first kappa shape index (κ1) is 11.3. The maximum atomic E-state index is 10.8. The van der Waals surface area contributed by atoms with Gasteiger partial charge in [-0.05, 0) is 6.07 Å². The first-order valence-electron chi connectivity index (χ1n) is 3.56. The predicted octanol–water partition coefficient (Wildman–Crippen LogP) is 0.874. The van der Waals surface area contributed by atoms with Crippen molar-refractivity contribution < 1.29 is 23.6 Å². The van der Waals surface area contributed by atoms with Crippen LogP contribution in [0.25, 0.3) is 0 Å². The third-order valence-electron chi connectivity index (χ3n) is 1.60. The largest absolute Gasteiger partial charge is 0.478 e. The topological polar surface area (TPSA) is 118 Å². The molecule has 15 heavy (non-hydrogen) atoms. The highest BCUT2D eigenvalue weighted by atomic mass is 32.2. The lowest BCUT2D eigenvalue weighted by Crippen LogP contribution is -2.07. The van der Waals surface area contributed by atoms with Gasteiger partial charge in [0.25, 0.3) is 5.69 Å². The minimum Gasteiger partial charge on any atom is -0.478 e. The number of benzene rings is 1. The number of rotatable bonds is 3. The van der Waals surface area contributed by atoms with E-state index in [0.717, 1.165) is 18.2 Å². The van der Waals surface area contributed by atoms with Crippen LogP contribution in [0.3, 0.4) is 0 Å². The Hall–Kier alpha value is -1.80. The van der Waals surface area contributed by atoms with Crippen LogP contribution in [0, 0.1) is 10.1 Å². The van der Waals surface area contributed by atoms with Gasteiger partial charge in [0.1, 0.15) is 0 Å². The zero-order valence-corrected chi connectivity index (χ0v) is 7.93. The number of hydrogen-bond donors (Lipinski definition) is 2. The van der Waals surface area contributed by atoms with E-state index in [9.17, 15) is 19.1 Å². The number of carbonyl (C=O) groups is 1. The Morgan fingerprint density at radius 3 is 2.47 bits per heavy atom. The van der Waals surface area contributed by atoms with Crippen LogP contribution in [-0.2, 0) is 11.1 Å². The first-order chi connectivity index (χ1) is 6.95. The molecule has 1 unspecified atom stereocenters. The van der Waals surface area contributed by atoms with Crippen molar-refractivity contribution in [2.24, 2.45) is 0 Å². The zero-order valence-electron chi connectivity index (χ0n) is 7.11. The highest BCUT2D eigenvalue weighted by Gasteiger charge is 2.25. The molecule has 0 aromatic heterocycles. The summed E-state index contributed by atoms with van der Waals surface area (Å²) < 4.78 is 19.6. The number of carboxylic acid groups (broad SMARTS) is 1. The van der Waals surface area contributed by atoms with Crippen LogP contribution in [-0.4, -0.2) is 24.8 Å². The Morgan fingerprint density at radius 1 is 1.47 bits per heavy atom. The zero-order chi connectivity index (χ0) is 11.6. The molecule has 0 aliphatic rings. The maximum Gasteiger partial charge on any atom is 0.337 e. The summed E-state index contributed by atoms with van der Waals surface area (Å²) >= 11 is -2.72. The molecule has 2 N–H and O–H groups in total. The van der Waals surface area contributed by atoms with Crippen molar-refractivity contribution in [1.82, 2.24) is 0 Å². The van der Waals surface area contributed by atoms with Crippen LogP contribution in [0.4, 0.5) is 5.69 Å². The van der Waals surface area contributed by atoms with Crippen molar-refractivity contribution in [2.75, 3.05) is 0 Å². The Labute approximate surface area is 85.8 Å². The van der Waals surface area contributed by atoms with E-state index >= 15 is 0 Å². The molecular weight excluding hydrogens is 226 g/mol. The van der Waals surface area contributed by atoms with Gasteiger partial charge in [-0.15, -0.1) is 0 Å². The third kappa shape index (κ3) is 2.17. The Balaban J connectivity index is 3.56. The monoisotopic (exact) mass is 231 g/mol. The highest BCUT2D eigenvalue weighted by molar-refractivity contribution is 7.79. The first-order valence-corrected chi connectivity index (χ1v) is 4.67. The van der Waals surface area contributed by atoms with Gasteiger partial charge in [-0.25, -0.2) is 9.00 Å². The van der Waals surface area contributed by atoms with E-state index in [1.807, 2.05) is 0 Å². The number of nitro groups is 1. The van der Waals surface area contributed by atoms with E-state index in [1.54, 1.807) is 0 Å². The van der Waals surface area contributed by atoms with Gasteiger partial charge in [0, 0.05) is 6.07 Å². The van der Waals surface area contributed by atoms with Gasteiger partial charge < -0.3 is 9.66 Å². The molecule has 0 saturated heterocycles. The number of nitrogens with zero attached hydrogens (tertiary/aromatic N) is 1. The summed E-state index contributed by atoms with van der Waals surface area (Å²) in [6.07, 6.45) is 0. The Bertz CT molecular complexity index is 425. The molecular formula is C7H5NO6S. The molecule has 80 valence electrons. The second-order valence-corrected chi connectivity index (χ2v) is 3.37. The van der Waals surface area contributed by atoms with E-state index in [1.165, 1.54) is 0 Å². The SMILES string of the molecule is O=C(O)c1cccc([N+](=O)[O-])c1S(=O)O. The lowest BCUT2D eigenvalue weighted by atomic mass is 10.2. The smallest absolute Gasteiger partial charge is 0.337 e. The van der Waals surface area contributed by atoms with Crippen LogP contribution in [0.5, 0.6) is 0 Å². The van der Waals surface area contributed by atoms with E-state index < -0.39 is 38.1 Å². The molecule has 1 rings (SSSR count). The molecule has 7 nitrogen and oxygen atoms in total. The highest BCUT2D eigenvalue weighted by Crippen LogP contribution is 2.25. The molecule has 0 spiro atoms. The van der Waals surface area contributed by atoms with E-state index in [4.69, 9.17) is 9.66 Å². The summed E-state index contributed by atoms with van der Waals surface area (Å²) in [6, 6.07) is 3.13. The van der Waals surface area contributed by atoms with Crippen LogP contribution in [0.2, 0.25) is 0 Å². The summed E-state index contributed by atoms with van der Waals surface area (Å²) in [5.41, 5.74) is -1.24. The van der Waals surface area contributed by atoms with E-state index in [-0.39, 0.29) is 0 Å². The van der Waals surface area contributed by atoms with Crippen molar-refractivity contribution >= 4 is 22.7 Å². The van der Waals surface area contributed by atoms with Crippen molar-refractivity contribution in [2.45, 2.75) is 4.90 Å². The molecule has 0 bridgehead atoms. The molecule has 1 aromatic rings. The molecule has 8 heteroatoms. The van der Waals surface area contributed by atoms with Crippen LogP contribution >= 0.6 is 0 Å². The number of carboxylic acids is 1. The average molecular weight is 231 g/mol. The lowest BCUT2D eigenvalue weighted by molar-refractivity contribution is -0.387. The molecule has 0 saturated carbocycles. The summed E-state index contributed by atoms with van der Waals surface area (Å²) in [6.45, 7) is 0. The van der Waals surface area contributed by atoms with Gasteiger partial charge >= 0.3 is 5.97 Å². The molecule has 0 heterocycles. The fraction of sp³-hybridized carbons (Fsp3) is 0. The number of aromatic carboxylic acids is 1. The minimum atomic E-state index is -2.72. The second-order valence-electron chi connectivity index (χ2n) is 2.47. The number of hydrogen-bond acceptors (Lipinski definition) is 4. The summed E-state index contributed by atoms with van der Waals surface area (Å²) in [5.74, 6) is -1.49. The quantitative estimate of drug-likeness (QED) is 0.452. The fourth-order valence-electron chi connectivity index (χ4n) is 1.02. The Kier molecular flexibility index (Phi) is 3.12. The average Bonchev–Trinajstić information content (AvgIpc) is 2.16. The molecule has 0 fully saturated rings. The van der Waals surface area contributed by atoms with Crippen LogP contribution in [0.1, 0.15) is 10.4 Å². The molecule has 0 aliphatic carbocycles. The van der Waals surface area contributed by atoms with Crippen LogP contribution in [0.15, 0.2) is 23.1 Å². The fourth-order valence-corrected chi connectivity index (χ4v) is 1.69. The van der Waals surface area contributed by atoms with Gasteiger partial charge in [0.15, 0.2) is 16.0 Å². The predicted molar refractivity (Wildman–Crippen MR) is 49.1 cm³/mol. The third-order valence-corrected chi connectivity index (χ3v) is 2.37. The van der Waals surface area contributed by atoms with Gasteiger partial charge in [0.05, 0.1) is 10.5 Å². The van der Waals surface area contributed by atoms with Gasteiger partial charge in [-0.3, -0.25) is 10.1 Å². The van der Waals surface area contributed by atoms with Crippen molar-refractivity contribution in [3.8, 4) is 0 Å². The van der Waals surface area contributed by atoms with Crippen molar-refractivity contribution in [1.29, 1.82) is 0 Å². The summed E-state index contributed by atoms with van der Waals surface area (Å²) in [4.78, 5) is 19.5. The van der Waals surface area contributed by atoms with Gasteiger partial charge in [0.2, 0.25) is 0 Å². The Morgan fingerprint density at radius 2 is 2.07 bits per heavy atom. The summed E-state index contributed by atoms with van der Waals surface area (Å²) in [7, 11) is 0. The molecule has 1 aromatic carbocycles. The van der Waals surface area contributed by atoms with Crippen LogP contribution < -0.4 is 0 Å². The number of nitro benzene ring substituents is 1. The lowest BCUT2D eigenvalue weighted by Gasteiger charge is -2.01. The van der Waals surface area contributed by atoms with Gasteiger partial charge in [-0.1, -0.05) is 6.07 Å². The minimum absolute atomic E-state index is 0.551. The van der Waals surface area contributed by atoms with Gasteiger partial charge in [-0.2, -0.15) is 0 Å². The van der Waals surface area contributed by atoms with E-state index in [2.05, 4.69) is 0 Å². The summed E-state index contributed by atoms with van der Waals surface area (Å²) in [5, 5.41) is 19.1. The van der Waals surface area contributed by atoms with Crippen molar-refractivity contribution in [3.05, 3.63) is 33.9 Å². The molecule has 1 atom stereocenters. The normalized spacial score (nSPS) is 12.1. The van der Waals surface area contributed by atoms with E-state index in [0.29, 0.717) is 0 Å². The molecule has 0 radical (unpaired) electrons. The second kappa shape index (κ2) is 4.15. The van der Waals surface area contributed by atoms with Crippen molar-refractivity contribution in [3.63, 3.8) is 0 Å². The standard InChI is InChI=1S/C7H5NO6S/c9-7(10)4-2-1-3-5(8(11)12)6(4)15(13)14/h1-3H,(H,9,10)(H,13,14). The molecule has 0 aliphatic heterocycles. The molecule has 0 amide bonds. The maximum absolute atomic E-state index is 10.8.